The highest BCUT2D eigenvalue weighted by molar-refractivity contribution is 6.04. The Hall–Kier alpha value is -3.37. The average Bonchev–Trinajstić information content (AvgIpc) is 3.26. The number of nitrogens with one attached hydrogen (secondary N) is 2. The van der Waals surface area contributed by atoms with E-state index >= 15 is 0 Å². The van der Waals surface area contributed by atoms with Crippen LogP contribution in [0.3, 0.4) is 0 Å². The number of nitriles is 1. The number of ether oxygens (including phenoxy) is 2. The second-order valence-electron chi connectivity index (χ2n) is 6.78. The Morgan fingerprint density at radius 3 is 2.69 bits per heavy atom. The summed E-state index contributed by atoms with van der Waals surface area (Å²) in [5.41, 5.74) is 1.31. The van der Waals surface area contributed by atoms with Gasteiger partial charge >= 0.3 is 0 Å². The van der Waals surface area contributed by atoms with Crippen LogP contribution in [-0.4, -0.2) is 37.2 Å². The molecule has 2 aromatic carbocycles. The molecule has 3 rings (SSSR count). The molecule has 1 fully saturated rings. The van der Waals surface area contributed by atoms with Crippen molar-refractivity contribution in [1.82, 2.24) is 5.32 Å². The van der Waals surface area contributed by atoms with Gasteiger partial charge in [-0.25, -0.2) is 0 Å². The molecule has 0 radical (unpaired) electrons. The van der Waals surface area contributed by atoms with Gasteiger partial charge in [0.05, 0.1) is 29.0 Å². The lowest BCUT2D eigenvalue weighted by Gasteiger charge is -2.17. The van der Waals surface area contributed by atoms with Crippen LogP contribution in [-0.2, 0) is 9.53 Å². The summed E-state index contributed by atoms with van der Waals surface area (Å²) in [6, 6.07) is 15.4. The van der Waals surface area contributed by atoms with E-state index in [0.29, 0.717) is 29.1 Å². The molecule has 2 aromatic rings. The van der Waals surface area contributed by atoms with Gasteiger partial charge in [-0.05, 0) is 56.2 Å². The summed E-state index contributed by atoms with van der Waals surface area (Å²) in [5.74, 6) is -0.167. The summed E-state index contributed by atoms with van der Waals surface area (Å²) in [6.45, 7) is 2.79. The van der Waals surface area contributed by atoms with Gasteiger partial charge in [-0.2, -0.15) is 5.26 Å². The zero-order valence-electron chi connectivity index (χ0n) is 16.2. The molecule has 150 valence electrons. The van der Waals surface area contributed by atoms with Crippen molar-refractivity contribution in [3.63, 3.8) is 0 Å². The van der Waals surface area contributed by atoms with Gasteiger partial charge < -0.3 is 20.1 Å². The Morgan fingerprint density at radius 1 is 1.24 bits per heavy atom. The van der Waals surface area contributed by atoms with Crippen molar-refractivity contribution in [1.29, 1.82) is 5.26 Å². The van der Waals surface area contributed by atoms with Gasteiger partial charge in [0.1, 0.15) is 5.75 Å². The molecule has 0 saturated carbocycles. The van der Waals surface area contributed by atoms with Crippen molar-refractivity contribution in [3.8, 4) is 11.8 Å². The number of anilines is 1. The van der Waals surface area contributed by atoms with E-state index in [9.17, 15) is 9.59 Å². The van der Waals surface area contributed by atoms with Gasteiger partial charge in [-0.3, -0.25) is 9.59 Å². The van der Waals surface area contributed by atoms with E-state index in [2.05, 4.69) is 10.6 Å². The third-order valence-electron chi connectivity index (χ3n) is 4.61. The predicted octanol–water partition coefficient (Wildman–Crippen LogP) is 2.87. The fraction of sp³-hybridized carbons (Fsp3) is 0.318. The summed E-state index contributed by atoms with van der Waals surface area (Å²) in [6.07, 6.45) is 1.19. The molecule has 1 heterocycles. The Balaban J connectivity index is 1.60. The molecule has 1 saturated heterocycles. The molecule has 0 aliphatic carbocycles. The smallest absolute Gasteiger partial charge is 0.265 e. The number of rotatable bonds is 7. The molecule has 2 N–H and O–H groups in total. The number of carbonyl (C=O) groups excluding carboxylic acids is 2. The monoisotopic (exact) mass is 393 g/mol. The Kier molecular flexibility index (Phi) is 6.82. The van der Waals surface area contributed by atoms with Gasteiger partial charge in [0, 0.05) is 13.2 Å². The van der Waals surface area contributed by atoms with Crippen LogP contribution in [0, 0.1) is 11.3 Å². The number of nitrogens with zero attached hydrogens (tertiary/aromatic N) is 1. The van der Waals surface area contributed by atoms with Crippen LogP contribution in [0.1, 0.15) is 35.7 Å². The third-order valence-corrected chi connectivity index (χ3v) is 4.61. The Bertz CT molecular complexity index is 899. The maximum atomic E-state index is 12.5. The molecule has 2 unspecified atom stereocenters. The molecule has 0 aromatic heterocycles. The second kappa shape index (κ2) is 9.71. The molecule has 1 aliphatic rings. The lowest BCUT2D eigenvalue weighted by Crippen LogP contribution is -2.34. The topological polar surface area (TPSA) is 100 Å². The molecule has 2 atom stereocenters. The fourth-order valence-electron chi connectivity index (χ4n) is 3.00. The average molecular weight is 393 g/mol. The first kappa shape index (κ1) is 20.4. The summed E-state index contributed by atoms with van der Waals surface area (Å²) < 4.78 is 11.1. The Morgan fingerprint density at radius 2 is 2.00 bits per heavy atom. The standard InChI is InChI=1S/C22H23N3O4/c1-15(29-17-10-8-16(13-23)9-11-17)21(26)25-20-7-3-2-6-19(20)22(27)24-14-18-5-4-12-28-18/h2-3,6-11,15,18H,4-5,12,14H2,1H3,(H,24,27)(H,25,26). The minimum atomic E-state index is -0.786. The zero-order valence-corrected chi connectivity index (χ0v) is 16.2. The van der Waals surface area contributed by atoms with Crippen molar-refractivity contribution in [3.05, 3.63) is 59.7 Å². The minimum absolute atomic E-state index is 0.0431. The first-order valence-corrected chi connectivity index (χ1v) is 9.53. The summed E-state index contributed by atoms with van der Waals surface area (Å²) in [7, 11) is 0. The molecular formula is C22H23N3O4. The van der Waals surface area contributed by atoms with Crippen LogP contribution in [0.25, 0.3) is 0 Å². The first-order valence-electron chi connectivity index (χ1n) is 9.53. The quantitative estimate of drug-likeness (QED) is 0.753. The van der Waals surface area contributed by atoms with E-state index < -0.39 is 6.10 Å². The van der Waals surface area contributed by atoms with E-state index in [1.807, 2.05) is 6.07 Å². The molecule has 2 amide bonds. The molecule has 1 aliphatic heterocycles. The molecule has 7 heteroatoms. The molecule has 29 heavy (non-hydrogen) atoms. The lowest BCUT2D eigenvalue weighted by molar-refractivity contribution is -0.122. The van der Waals surface area contributed by atoms with E-state index in [-0.39, 0.29) is 17.9 Å². The van der Waals surface area contributed by atoms with Crippen LogP contribution < -0.4 is 15.4 Å². The molecular weight excluding hydrogens is 370 g/mol. The fourth-order valence-corrected chi connectivity index (χ4v) is 3.00. The SMILES string of the molecule is CC(Oc1ccc(C#N)cc1)C(=O)Nc1ccccc1C(=O)NCC1CCCO1. The van der Waals surface area contributed by atoms with Crippen molar-refractivity contribution in [2.45, 2.75) is 32.0 Å². The van der Waals surface area contributed by atoms with E-state index in [1.54, 1.807) is 55.5 Å². The third kappa shape index (κ3) is 5.56. The number of para-hydroxylation sites is 1. The highest BCUT2D eigenvalue weighted by atomic mass is 16.5. The number of hydrogen-bond acceptors (Lipinski definition) is 5. The minimum Gasteiger partial charge on any atom is -0.481 e. The largest absolute Gasteiger partial charge is 0.481 e. The van der Waals surface area contributed by atoms with Crippen LogP contribution in [0.15, 0.2) is 48.5 Å². The molecule has 7 nitrogen and oxygen atoms in total. The van der Waals surface area contributed by atoms with Gasteiger partial charge in [-0.1, -0.05) is 12.1 Å². The predicted molar refractivity (Wildman–Crippen MR) is 108 cm³/mol. The molecule has 0 bridgehead atoms. The van der Waals surface area contributed by atoms with E-state index in [4.69, 9.17) is 14.7 Å². The highest BCUT2D eigenvalue weighted by Gasteiger charge is 2.20. The number of amides is 2. The summed E-state index contributed by atoms with van der Waals surface area (Å²) in [5, 5.41) is 14.5. The van der Waals surface area contributed by atoms with E-state index in [1.165, 1.54) is 0 Å². The Labute approximate surface area is 169 Å². The number of benzene rings is 2. The van der Waals surface area contributed by atoms with Gasteiger partial charge in [0.2, 0.25) is 0 Å². The summed E-state index contributed by atoms with van der Waals surface area (Å²) in [4.78, 5) is 25.1. The van der Waals surface area contributed by atoms with Crippen LogP contribution >= 0.6 is 0 Å². The van der Waals surface area contributed by atoms with Crippen LogP contribution in [0.5, 0.6) is 5.75 Å². The van der Waals surface area contributed by atoms with Gasteiger partial charge in [-0.15, -0.1) is 0 Å². The maximum absolute atomic E-state index is 12.5. The number of carbonyl (C=O) groups is 2. The normalized spacial score (nSPS) is 16.5. The van der Waals surface area contributed by atoms with Crippen molar-refractivity contribution in [2.24, 2.45) is 0 Å². The van der Waals surface area contributed by atoms with Gasteiger partial charge in [0.15, 0.2) is 6.10 Å². The van der Waals surface area contributed by atoms with Crippen molar-refractivity contribution in [2.75, 3.05) is 18.5 Å². The zero-order chi connectivity index (χ0) is 20.6. The second-order valence-corrected chi connectivity index (χ2v) is 6.78. The van der Waals surface area contributed by atoms with Gasteiger partial charge in [0.25, 0.3) is 11.8 Å². The first-order chi connectivity index (χ1) is 14.1. The van der Waals surface area contributed by atoms with Crippen LogP contribution in [0.2, 0.25) is 0 Å². The van der Waals surface area contributed by atoms with Crippen molar-refractivity contribution >= 4 is 17.5 Å². The summed E-state index contributed by atoms with van der Waals surface area (Å²) >= 11 is 0. The maximum Gasteiger partial charge on any atom is 0.265 e. The van der Waals surface area contributed by atoms with Crippen LogP contribution in [0.4, 0.5) is 5.69 Å². The number of hydrogen-bond donors (Lipinski definition) is 2. The van der Waals surface area contributed by atoms with E-state index in [0.717, 1.165) is 19.4 Å². The molecule has 0 spiro atoms. The van der Waals surface area contributed by atoms with Crippen molar-refractivity contribution < 1.29 is 19.1 Å². The highest BCUT2D eigenvalue weighted by Crippen LogP contribution is 2.18. The lowest BCUT2D eigenvalue weighted by atomic mass is 10.1.